The Morgan fingerprint density at radius 2 is 1.36 bits per heavy atom. The molecule has 7 nitrogen and oxygen atoms in total. The maximum absolute atomic E-state index is 14.2. The number of amides is 1. The first kappa shape index (κ1) is 35.6. The summed E-state index contributed by atoms with van der Waals surface area (Å²) in [6, 6.07) is 16.9. The van der Waals surface area contributed by atoms with E-state index in [0.29, 0.717) is 25.1 Å². The first-order chi connectivity index (χ1) is 20.3. The molecule has 1 fully saturated rings. The second-order valence-corrected chi connectivity index (χ2v) is 15.2. The van der Waals surface area contributed by atoms with Gasteiger partial charge in [0.15, 0.2) is 31.3 Å². The topological polar surface area (TPSA) is 91.8 Å². The van der Waals surface area contributed by atoms with Gasteiger partial charge in [-0.15, -0.1) is 12.4 Å². The molecule has 1 aliphatic heterocycles. The molecule has 1 unspecified atom stereocenters. The summed E-state index contributed by atoms with van der Waals surface area (Å²) in [5.74, 6) is -2.10. The maximum Gasteiger partial charge on any atom is 0.227 e. The number of benzene rings is 3. The molecule has 3 aromatic rings. The molecule has 0 spiro atoms. The van der Waals surface area contributed by atoms with Crippen molar-refractivity contribution in [2.75, 3.05) is 38.7 Å². The highest BCUT2D eigenvalue weighted by Crippen LogP contribution is 2.31. The normalized spacial score (nSPS) is 15.4. The fourth-order valence-corrected chi connectivity index (χ4v) is 7.00. The van der Waals surface area contributed by atoms with Crippen molar-refractivity contribution >= 4 is 38.0 Å². The summed E-state index contributed by atoms with van der Waals surface area (Å²) >= 11 is 0. The van der Waals surface area contributed by atoms with Crippen molar-refractivity contribution in [3.63, 3.8) is 0 Å². The fraction of sp³-hybridized carbons (Fsp3) is 0.406. The number of nitrogens with zero attached hydrogens (tertiary/aromatic N) is 2. The summed E-state index contributed by atoms with van der Waals surface area (Å²) in [6.45, 7) is 4.77. The lowest BCUT2D eigenvalue weighted by atomic mass is 9.88. The summed E-state index contributed by atoms with van der Waals surface area (Å²) in [6.07, 6.45) is 4.71. The Labute approximate surface area is 265 Å². The molecule has 1 heterocycles. The number of halogens is 3. The van der Waals surface area contributed by atoms with Crippen LogP contribution in [-0.2, 0) is 30.9 Å². The molecule has 0 aromatic heterocycles. The standard InChI is InChI=1S/C32H38F2N2O5S2.ClH/c1-4-36(32(37)21-23-5-10-27(11-6-23)42(2,38)39)26-15-18-35(19-16-26)20-17-29(25-9-14-30(33)31(34)22-25)24-7-12-28(13-8-24)43(3,40)41;/h5-14,22,26,29H,4,15-21H2,1-3H3;1H. The van der Waals surface area contributed by atoms with Gasteiger partial charge in [-0.05, 0) is 85.8 Å². The minimum Gasteiger partial charge on any atom is -0.340 e. The summed E-state index contributed by atoms with van der Waals surface area (Å²) in [5, 5.41) is 0. The molecule has 0 bridgehead atoms. The van der Waals surface area contributed by atoms with Gasteiger partial charge in [0.2, 0.25) is 5.91 Å². The zero-order chi connectivity index (χ0) is 31.4. The van der Waals surface area contributed by atoms with E-state index in [1.807, 2.05) is 11.8 Å². The van der Waals surface area contributed by atoms with Gasteiger partial charge in [0.25, 0.3) is 0 Å². The second-order valence-electron chi connectivity index (χ2n) is 11.2. The molecule has 4 rings (SSSR count). The Morgan fingerprint density at radius 1 is 0.841 bits per heavy atom. The lowest BCUT2D eigenvalue weighted by molar-refractivity contribution is -0.133. The predicted octanol–water partition coefficient (Wildman–Crippen LogP) is 5.27. The molecule has 240 valence electrons. The monoisotopic (exact) mass is 668 g/mol. The number of likely N-dealkylation sites (tertiary alicyclic amines) is 1. The van der Waals surface area contributed by atoms with Crippen molar-refractivity contribution in [2.24, 2.45) is 0 Å². The third-order valence-corrected chi connectivity index (χ3v) is 10.4. The van der Waals surface area contributed by atoms with E-state index in [1.165, 1.54) is 18.2 Å². The van der Waals surface area contributed by atoms with Crippen molar-refractivity contribution in [1.82, 2.24) is 9.80 Å². The Hall–Kier alpha value is -2.86. The summed E-state index contributed by atoms with van der Waals surface area (Å²) in [7, 11) is -6.66. The molecule has 3 aromatic carbocycles. The fourth-order valence-electron chi connectivity index (χ4n) is 5.74. The van der Waals surface area contributed by atoms with Crippen molar-refractivity contribution < 1.29 is 30.4 Å². The highest BCUT2D eigenvalue weighted by Gasteiger charge is 2.28. The number of carbonyl (C=O) groups is 1. The zero-order valence-corrected chi connectivity index (χ0v) is 27.5. The van der Waals surface area contributed by atoms with Crippen LogP contribution in [0.3, 0.4) is 0 Å². The maximum atomic E-state index is 14.2. The van der Waals surface area contributed by atoms with Crippen LogP contribution in [0.1, 0.15) is 48.8 Å². The zero-order valence-electron chi connectivity index (χ0n) is 25.1. The Balaban J connectivity index is 0.00000529. The van der Waals surface area contributed by atoms with E-state index >= 15 is 0 Å². The van der Waals surface area contributed by atoms with Gasteiger partial charge in [0, 0.05) is 44.1 Å². The smallest absolute Gasteiger partial charge is 0.227 e. The second kappa shape index (κ2) is 14.9. The van der Waals surface area contributed by atoms with Gasteiger partial charge in [0.05, 0.1) is 16.2 Å². The quantitative estimate of drug-likeness (QED) is 0.277. The Bertz CT molecular complexity index is 1640. The third kappa shape index (κ3) is 9.09. The number of likely N-dealkylation sites (N-methyl/N-ethyl adjacent to an activating group) is 1. The van der Waals surface area contributed by atoms with Crippen LogP contribution in [0, 0.1) is 11.6 Å². The van der Waals surface area contributed by atoms with Crippen LogP contribution in [0.15, 0.2) is 76.5 Å². The Morgan fingerprint density at radius 3 is 1.86 bits per heavy atom. The van der Waals surface area contributed by atoms with E-state index in [0.717, 1.165) is 55.6 Å². The van der Waals surface area contributed by atoms with Gasteiger partial charge in [-0.2, -0.15) is 0 Å². The van der Waals surface area contributed by atoms with Crippen molar-refractivity contribution in [3.05, 3.63) is 95.1 Å². The van der Waals surface area contributed by atoms with Crippen LogP contribution in [0.2, 0.25) is 0 Å². The van der Waals surface area contributed by atoms with Crippen LogP contribution in [0.5, 0.6) is 0 Å². The van der Waals surface area contributed by atoms with Crippen LogP contribution >= 0.6 is 12.4 Å². The molecule has 44 heavy (non-hydrogen) atoms. The minimum atomic E-state index is -3.37. The SMILES string of the molecule is CCN(C(=O)Cc1ccc(S(C)(=O)=O)cc1)C1CCN(CCC(c2ccc(S(C)(=O)=O)cc2)c2ccc(F)c(F)c2)CC1.Cl. The molecule has 0 radical (unpaired) electrons. The van der Waals surface area contributed by atoms with Gasteiger partial charge in [-0.1, -0.05) is 30.3 Å². The number of hydrogen-bond donors (Lipinski definition) is 0. The van der Waals surface area contributed by atoms with Crippen molar-refractivity contribution in [3.8, 4) is 0 Å². The van der Waals surface area contributed by atoms with E-state index in [-0.39, 0.29) is 46.5 Å². The summed E-state index contributed by atoms with van der Waals surface area (Å²) < 4.78 is 75.2. The number of carbonyl (C=O) groups excluding carboxylic acids is 1. The van der Waals surface area contributed by atoms with Gasteiger partial charge in [-0.25, -0.2) is 25.6 Å². The number of sulfone groups is 2. The van der Waals surface area contributed by atoms with Crippen LogP contribution in [-0.4, -0.2) is 77.3 Å². The lowest BCUT2D eigenvalue weighted by Gasteiger charge is -2.38. The molecule has 0 N–H and O–H groups in total. The molecule has 1 atom stereocenters. The molecule has 12 heteroatoms. The average molecular weight is 669 g/mol. The van der Waals surface area contributed by atoms with Crippen LogP contribution < -0.4 is 0 Å². The molecule has 1 aliphatic rings. The Kier molecular flexibility index (Phi) is 12.1. The largest absolute Gasteiger partial charge is 0.340 e. The molecular formula is C32H39ClF2N2O5S2. The highest BCUT2D eigenvalue weighted by atomic mass is 35.5. The summed E-state index contributed by atoms with van der Waals surface area (Å²) in [5.41, 5.74) is 2.20. The third-order valence-electron chi connectivity index (χ3n) is 8.16. The molecule has 0 saturated carbocycles. The van der Waals surface area contributed by atoms with Gasteiger partial charge >= 0.3 is 0 Å². The highest BCUT2D eigenvalue weighted by molar-refractivity contribution is 7.91. The van der Waals surface area contributed by atoms with E-state index in [4.69, 9.17) is 0 Å². The first-order valence-electron chi connectivity index (χ1n) is 14.3. The average Bonchev–Trinajstić information content (AvgIpc) is 2.96. The van der Waals surface area contributed by atoms with Gasteiger partial charge in [0.1, 0.15) is 0 Å². The van der Waals surface area contributed by atoms with E-state index in [2.05, 4.69) is 4.90 Å². The minimum absolute atomic E-state index is 0. The number of piperidine rings is 1. The van der Waals surface area contributed by atoms with Crippen LogP contribution in [0.25, 0.3) is 0 Å². The van der Waals surface area contributed by atoms with Crippen molar-refractivity contribution in [2.45, 2.75) is 54.4 Å². The van der Waals surface area contributed by atoms with Gasteiger partial charge in [-0.3, -0.25) is 4.79 Å². The van der Waals surface area contributed by atoms with E-state index < -0.39 is 31.3 Å². The molecule has 0 aliphatic carbocycles. The summed E-state index contributed by atoms with van der Waals surface area (Å²) in [4.78, 5) is 17.8. The molecular weight excluding hydrogens is 630 g/mol. The first-order valence-corrected chi connectivity index (χ1v) is 18.1. The number of hydrogen-bond acceptors (Lipinski definition) is 6. The predicted molar refractivity (Wildman–Crippen MR) is 170 cm³/mol. The van der Waals surface area contributed by atoms with Crippen molar-refractivity contribution in [1.29, 1.82) is 0 Å². The molecule has 1 saturated heterocycles. The van der Waals surface area contributed by atoms with E-state index in [1.54, 1.807) is 42.5 Å². The van der Waals surface area contributed by atoms with E-state index in [9.17, 15) is 30.4 Å². The van der Waals surface area contributed by atoms with Gasteiger partial charge < -0.3 is 9.80 Å². The van der Waals surface area contributed by atoms with Crippen LogP contribution in [0.4, 0.5) is 8.78 Å². The lowest BCUT2D eigenvalue weighted by Crippen LogP contribution is -2.48. The molecule has 1 amide bonds. The number of rotatable bonds is 11.